The molecule has 4 nitrogen and oxygen atoms in total. The van der Waals surface area contributed by atoms with Crippen molar-refractivity contribution in [1.82, 2.24) is 4.90 Å². The molecule has 0 aromatic heterocycles. The molecule has 0 aliphatic carbocycles. The van der Waals surface area contributed by atoms with Crippen molar-refractivity contribution in [2.45, 2.75) is 12.7 Å². The van der Waals surface area contributed by atoms with E-state index in [1.165, 1.54) is 0 Å². The second-order valence-corrected chi connectivity index (χ2v) is 5.73. The van der Waals surface area contributed by atoms with Crippen molar-refractivity contribution < 1.29 is 14.3 Å². The molecule has 0 spiro atoms. The molecule has 2 aromatic carbocycles. The molecule has 1 amide bonds. The third kappa shape index (κ3) is 4.03. The lowest BCUT2D eigenvalue weighted by molar-refractivity contribution is -0.148. The molecular weight excluding hydrogens is 302 g/mol. The first-order valence-electron chi connectivity index (χ1n) is 8.03. The number of ether oxygens (including phenoxy) is 2. The van der Waals surface area contributed by atoms with E-state index < -0.39 is 0 Å². The fraction of sp³-hybridized carbons (Fsp3) is 0.250. The number of hydrogen-bond donors (Lipinski definition) is 0. The summed E-state index contributed by atoms with van der Waals surface area (Å²) in [7, 11) is 0. The van der Waals surface area contributed by atoms with Crippen LogP contribution in [0, 0.1) is 0 Å². The first-order valence-corrected chi connectivity index (χ1v) is 8.03. The predicted molar refractivity (Wildman–Crippen MR) is 92.7 cm³/mol. The van der Waals surface area contributed by atoms with Crippen LogP contribution in [0.25, 0.3) is 0 Å². The zero-order valence-electron chi connectivity index (χ0n) is 13.6. The Balaban J connectivity index is 1.59. The van der Waals surface area contributed by atoms with Gasteiger partial charge in [-0.2, -0.15) is 0 Å². The van der Waals surface area contributed by atoms with Gasteiger partial charge in [-0.05, 0) is 23.3 Å². The third-order valence-electron chi connectivity index (χ3n) is 4.00. The zero-order valence-corrected chi connectivity index (χ0v) is 13.6. The summed E-state index contributed by atoms with van der Waals surface area (Å²) in [5.41, 5.74) is 2.18. The molecule has 1 fully saturated rings. The van der Waals surface area contributed by atoms with Crippen molar-refractivity contribution in [1.29, 1.82) is 0 Å². The first kappa shape index (κ1) is 16.3. The van der Waals surface area contributed by atoms with E-state index in [2.05, 4.69) is 6.58 Å². The molecule has 1 saturated heterocycles. The van der Waals surface area contributed by atoms with E-state index in [0.717, 1.165) is 16.9 Å². The van der Waals surface area contributed by atoms with E-state index in [9.17, 15) is 4.79 Å². The lowest BCUT2D eigenvalue weighted by Crippen LogP contribution is -2.43. The van der Waals surface area contributed by atoms with Crippen LogP contribution >= 0.6 is 0 Å². The lowest BCUT2D eigenvalue weighted by Gasteiger charge is -2.32. The third-order valence-corrected chi connectivity index (χ3v) is 4.00. The fourth-order valence-corrected chi connectivity index (χ4v) is 2.67. The second-order valence-electron chi connectivity index (χ2n) is 5.73. The van der Waals surface area contributed by atoms with Gasteiger partial charge in [-0.25, -0.2) is 0 Å². The molecule has 1 aliphatic rings. The highest BCUT2D eigenvalue weighted by Gasteiger charge is 2.26. The molecule has 0 bridgehead atoms. The summed E-state index contributed by atoms with van der Waals surface area (Å²) in [4.78, 5) is 13.5. The SMILES string of the molecule is C=CCN1C[C@H](c2ccc(OCc3ccccc3)cc2)OCC1=O. The van der Waals surface area contributed by atoms with Gasteiger partial charge in [-0.15, -0.1) is 6.58 Å². The normalized spacial score (nSPS) is 17.6. The van der Waals surface area contributed by atoms with Crippen LogP contribution in [0.2, 0.25) is 0 Å². The largest absolute Gasteiger partial charge is 0.489 e. The van der Waals surface area contributed by atoms with E-state index >= 15 is 0 Å². The number of nitrogens with zero attached hydrogens (tertiary/aromatic N) is 1. The summed E-state index contributed by atoms with van der Waals surface area (Å²) >= 11 is 0. The van der Waals surface area contributed by atoms with Gasteiger partial charge >= 0.3 is 0 Å². The Kier molecular flexibility index (Phi) is 5.29. The van der Waals surface area contributed by atoms with E-state index in [0.29, 0.717) is 19.7 Å². The van der Waals surface area contributed by atoms with Gasteiger partial charge in [0.25, 0.3) is 0 Å². The van der Waals surface area contributed by atoms with Crippen molar-refractivity contribution in [2.24, 2.45) is 0 Å². The lowest BCUT2D eigenvalue weighted by atomic mass is 10.1. The number of carbonyl (C=O) groups is 1. The number of hydrogen-bond acceptors (Lipinski definition) is 3. The monoisotopic (exact) mass is 323 g/mol. The molecular formula is C20H21NO3. The Bertz CT molecular complexity index is 682. The van der Waals surface area contributed by atoms with Crippen molar-refractivity contribution in [3.63, 3.8) is 0 Å². The molecule has 2 aromatic rings. The highest BCUT2D eigenvalue weighted by molar-refractivity contribution is 5.78. The molecule has 1 atom stereocenters. The number of rotatable bonds is 6. The number of morpholine rings is 1. The molecule has 1 aliphatic heterocycles. The van der Waals surface area contributed by atoms with Gasteiger partial charge in [0, 0.05) is 6.54 Å². The van der Waals surface area contributed by atoms with E-state index in [1.54, 1.807) is 11.0 Å². The molecule has 3 rings (SSSR count). The molecule has 24 heavy (non-hydrogen) atoms. The van der Waals surface area contributed by atoms with Crippen LogP contribution in [0.5, 0.6) is 5.75 Å². The highest BCUT2D eigenvalue weighted by Crippen LogP contribution is 2.25. The van der Waals surface area contributed by atoms with Crippen LogP contribution in [-0.2, 0) is 16.1 Å². The van der Waals surface area contributed by atoms with Crippen molar-refractivity contribution in [2.75, 3.05) is 19.7 Å². The highest BCUT2D eigenvalue weighted by atomic mass is 16.5. The topological polar surface area (TPSA) is 38.8 Å². The van der Waals surface area contributed by atoms with Crippen molar-refractivity contribution in [3.8, 4) is 5.75 Å². The summed E-state index contributed by atoms with van der Waals surface area (Å²) in [6, 6.07) is 17.9. The standard InChI is InChI=1S/C20H21NO3/c1-2-12-21-13-19(24-15-20(21)22)17-8-10-18(11-9-17)23-14-16-6-4-3-5-7-16/h2-11,19H,1,12-15H2/t19-/m1/s1. The summed E-state index contributed by atoms with van der Waals surface area (Å²) in [5, 5.41) is 0. The van der Waals surface area contributed by atoms with Gasteiger partial charge in [-0.1, -0.05) is 48.5 Å². The van der Waals surface area contributed by atoms with Gasteiger partial charge < -0.3 is 14.4 Å². The minimum Gasteiger partial charge on any atom is -0.489 e. The Morgan fingerprint density at radius 1 is 1.17 bits per heavy atom. The quantitative estimate of drug-likeness (QED) is 0.765. The fourth-order valence-electron chi connectivity index (χ4n) is 2.67. The predicted octanol–water partition coefficient (Wildman–Crippen LogP) is 3.35. The zero-order chi connectivity index (χ0) is 16.8. The van der Waals surface area contributed by atoms with E-state index in [1.807, 2.05) is 54.6 Å². The van der Waals surface area contributed by atoms with Gasteiger partial charge in [-0.3, -0.25) is 4.79 Å². The summed E-state index contributed by atoms with van der Waals surface area (Å²) < 4.78 is 11.4. The Labute approximate surface area is 142 Å². The smallest absolute Gasteiger partial charge is 0.248 e. The minimum atomic E-state index is -0.106. The van der Waals surface area contributed by atoms with E-state index in [4.69, 9.17) is 9.47 Å². The van der Waals surface area contributed by atoms with Crippen molar-refractivity contribution >= 4 is 5.91 Å². The molecule has 1 heterocycles. The Morgan fingerprint density at radius 2 is 1.92 bits per heavy atom. The van der Waals surface area contributed by atoms with E-state index in [-0.39, 0.29) is 18.6 Å². The van der Waals surface area contributed by atoms with Crippen LogP contribution in [0.1, 0.15) is 17.2 Å². The van der Waals surface area contributed by atoms with Crippen molar-refractivity contribution in [3.05, 3.63) is 78.4 Å². The molecule has 0 radical (unpaired) electrons. The molecule has 0 unspecified atom stereocenters. The van der Waals surface area contributed by atoms with Crippen LogP contribution in [-0.4, -0.2) is 30.5 Å². The van der Waals surface area contributed by atoms with Crippen LogP contribution in [0.15, 0.2) is 67.3 Å². The van der Waals surface area contributed by atoms with Crippen LogP contribution in [0.3, 0.4) is 0 Å². The van der Waals surface area contributed by atoms with Gasteiger partial charge in [0.05, 0.1) is 6.54 Å². The maximum absolute atomic E-state index is 11.8. The van der Waals surface area contributed by atoms with Crippen LogP contribution in [0.4, 0.5) is 0 Å². The number of carbonyl (C=O) groups excluding carboxylic acids is 1. The van der Waals surface area contributed by atoms with Gasteiger partial charge in [0.15, 0.2) is 0 Å². The number of benzene rings is 2. The first-order chi connectivity index (χ1) is 11.8. The molecule has 124 valence electrons. The maximum Gasteiger partial charge on any atom is 0.248 e. The van der Waals surface area contributed by atoms with Gasteiger partial charge in [0.1, 0.15) is 25.1 Å². The molecule has 4 heteroatoms. The summed E-state index contributed by atoms with van der Waals surface area (Å²) in [6.45, 7) is 5.46. The summed E-state index contributed by atoms with van der Waals surface area (Å²) in [6.07, 6.45) is 1.63. The minimum absolute atomic E-state index is 0.00830. The molecule has 0 N–H and O–H groups in total. The van der Waals surface area contributed by atoms with Crippen LogP contribution < -0.4 is 4.74 Å². The average Bonchev–Trinajstić information content (AvgIpc) is 2.63. The molecule has 0 saturated carbocycles. The maximum atomic E-state index is 11.8. The van der Waals surface area contributed by atoms with Gasteiger partial charge in [0.2, 0.25) is 5.91 Å². The average molecular weight is 323 g/mol. The second kappa shape index (κ2) is 7.79. The Hall–Kier alpha value is -2.59. The summed E-state index contributed by atoms with van der Waals surface area (Å²) in [5.74, 6) is 0.825. The Morgan fingerprint density at radius 3 is 2.62 bits per heavy atom. The number of amides is 1.